The topological polar surface area (TPSA) is 44.5 Å². The molecule has 5 heteroatoms. The van der Waals surface area contributed by atoms with Gasteiger partial charge < -0.3 is 15.2 Å². The maximum atomic E-state index is 13.2. The van der Waals surface area contributed by atoms with Crippen molar-refractivity contribution in [2.24, 2.45) is 5.73 Å². The average molecular weight is 243 g/mol. The van der Waals surface area contributed by atoms with E-state index in [-0.39, 0.29) is 24.6 Å². The molecule has 1 aliphatic rings. The number of nitrogens with two attached hydrogens (primary N) is 1. The number of ether oxygens (including phenoxy) is 2. The first kappa shape index (κ1) is 12.3. The van der Waals surface area contributed by atoms with Gasteiger partial charge in [-0.15, -0.1) is 0 Å². The van der Waals surface area contributed by atoms with Crippen LogP contribution in [0.3, 0.4) is 0 Å². The highest BCUT2D eigenvalue weighted by atomic mass is 19.1. The van der Waals surface area contributed by atoms with Crippen molar-refractivity contribution in [2.45, 2.75) is 25.0 Å². The molecule has 0 saturated carbocycles. The van der Waals surface area contributed by atoms with E-state index in [4.69, 9.17) is 15.2 Å². The van der Waals surface area contributed by atoms with Crippen LogP contribution in [-0.4, -0.2) is 25.4 Å². The Hall–Kier alpha value is -1.20. The van der Waals surface area contributed by atoms with E-state index in [0.717, 1.165) is 25.0 Å². The first-order chi connectivity index (χ1) is 8.19. The van der Waals surface area contributed by atoms with Crippen molar-refractivity contribution < 1.29 is 18.3 Å². The van der Waals surface area contributed by atoms with Crippen LogP contribution in [-0.2, 0) is 4.74 Å². The Kier molecular flexibility index (Phi) is 3.91. The van der Waals surface area contributed by atoms with Crippen LogP contribution in [0.15, 0.2) is 18.2 Å². The highest BCUT2D eigenvalue weighted by Gasteiger charge is 2.24. The Morgan fingerprint density at radius 2 is 2.06 bits per heavy atom. The van der Waals surface area contributed by atoms with E-state index in [1.54, 1.807) is 0 Å². The SMILES string of the molecule is NCC1CCC(COc2ccc(F)cc2F)O1. The zero-order valence-corrected chi connectivity index (χ0v) is 9.36. The van der Waals surface area contributed by atoms with Crippen molar-refractivity contribution >= 4 is 0 Å². The Bertz CT molecular complexity index is 387. The Balaban J connectivity index is 1.86. The number of hydrogen-bond donors (Lipinski definition) is 1. The first-order valence-corrected chi connectivity index (χ1v) is 5.62. The Labute approximate surface area is 98.5 Å². The van der Waals surface area contributed by atoms with E-state index in [1.807, 2.05) is 0 Å². The summed E-state index contributed by atoms with van der Waals surface area (Å²) in [5, 5.41) is 0. The summed E-state index contributed by atoms with van der Waals surface area (Å²) < 4.78 is 36.7. The minimum Gasteiger partial charge on any atom is -0.488 e. The van der Waals surface area contributed by atoms with Crippen molar-refractivity contribution in [3.63, 3.8) is 0 Å². The zero-order chi connectivity index (χ0) is 12.3. The van der Waals surface area contributed by atoms with E-state index in [2.05, 4.69) is 0 Å². The van der Waals surface area contributed by atoms with Crippen LogP contribution in [0.5, 0.6) is 5.75 Å². The van der Waals surface area contributed by atoms with Gasteiger partial charge in [0.05, 0.1) is 12.2 Å². The Morgan fingerprint density at radius 3 is 2.71 bits per heavy atom. The maximum absolute atomic E-state index is 13.2. The highest BCUT2D eigenvalue weighted by Crippen LogP contribution is 2.22. The largest absolute Gasteiger partial charge is 0.488 e. The van der Waals surface area contributed by atoms with Crippen molar-refractivity contribution in [1.29, 1.82) is 0 Å². The molecule has 0 amide bonds. The summed E-state index contributed by atoms with van der Waals surface area (Å²) in [6.45, 7) is 0.750. The van der Waals surface area contributed by atoms with Crippen LogP contribution >= 0.6 is 0 Å². The third-order valence-corrected chi connectivity index (χ3v) is 2.78. The van der Waals surface area contributed by atoms with Gasteiger partial charge in [0.1, 0.15) is 12.4 Å². The first-order valence-electron chi connectivity index (χ1n) is 5.62. The maximum Gasteiger partial charge on any atom is 0.167 e. The van der Waals surface area contributed by atoms with E-state index in [9.17, 15) is 8.78 Å². The number of halogens is 2. The fourth-order valence-corrected chi connectivity index (χ4v) is 1.85. The molecule has 1 aromatic carbocycles. The molecule has 3 nitrogen and oxygen atoms in total. The molecule has 2 N–H and O–H groups in total. The van der Waals surface area contributed by atoms with Crippen molar-refractivity contribution in [2.75, 3.05) is 13.2 Å². The van der Waals surface area contributed by atoms with E-state index >= 15 is 0 Å². The second kappa shape index (κ2) is 5.42. The van der Waals surface area contributed by atoms with Crippen LogP contribution in [0, 0.1) is 11.6 Å². The average Bonchev–Trinajstić information content (AvgIpc) is 2.76. The van der Waals surface area contributed by atoms with Gasteiger partial charge in [0.15, 0.2) is 11.6 Å². The van der Waals surface area contributed by atoms with Crippen LogP contribution in [0.1, 0.15) is 12.8 Å². The van der Waals surface area contributed by atoms with Gasteiger partial charge in [-0.2, -0.15) is 0 Å². The predicted molar refractivity (Wildman–Crippen MR) is 58.8 cm³/mol. The second-order valence-corrected chi connectivity index (χ2v) is 4.08. The standard InChI is InChI=1S/C12H15F2NO2/c13-8-1-4-12(11(14)5-8)16-7-10-3-2-9(6-15)17-10/h1,4-5,9-10H,2-3,6-7,15H2. The van der Waals surface area contributed by atoms with Gasteiger partial charge in [-0.3, -0.25) is 0 Å². The lowest BCUT2D eigenvalue weighted by Gasteiger charge is -2.13. The Morgan fingerprint density at radius 1 is 1.29 bits per heavy atom. The van der Waals surface area contributed by atoms with Gasteiger partial charge in [-0.05, 0) is 25.0 Å². The summed E-state index contributed by atoms with van der Waals surface area (Å²) in [4.78, 5) is 0. The minimum absolute atomic E-state index is 0.0474. The lowest BCUT2D eigenvalue weighted by molar-refractivity contribution is 0.0214. The van der Waals surface area contributed by atoms with Gasteiger partial charge in [-0.25, -0.2) is 8.78 Å². The number of hydrogen-bond acceptors (Lipinski definition) is 3. The van der Waals surface area contributed by atoms with E-state index in [1.165, 1.54) is 6.07 Å². The molecule has 2 unspecified atom stereocenters. The minimum atomic E-state index is -0.696. The molecule has 1 saturated heterocycles. The van der Waals surface area contributed by atoms with Gasteiger partial charge in [0.2, 0.25) is 0 Å². The molecule has 1 heterocycles. The molecule has 2 atom stereocenters. The molecular formula is C12H15F2NO2. The van der Waals surface area contributed by atoms with Crippen LogP contribution in [0.4, 0.5) is 8.78 Å². The molecule has 17 heavy (non-hydrogen) atoms. The smallest absolute Gasteiger partial charge is 0.167 e. The quantitative estimate of drug-likeness (QED) is 0.877. The monoisotopic (exact) mass is 243 g/mol. The van der Waals surface area contributed by atoms with Gasteiger partial charge >= 0.3 is 0 Å². The fraction of sp³-hybridized carbons (Fsp3) is 0.500. The molecule has 94 valence electrons. The molecule has 0 radical (unpaired) electrons. The summed E-state index contributed by atoms with van der Waals surface area (Å²) >= 11 is 0. The number of benzene rings is 1. The van der Waals surface area contributed by atoms with Crippen LogP contribution < -0.4 is 10.5 Å². The summed E-state index contributed by atoms with van der Waals surface area (Å²) in [7, 11) is 0. The molecule has 2 rings (SSSR count). The molecule has 1 aromatic rings. The molecular weight excluding hydrogens is 228 g/mol. The van der Waals surface area contributed by atoms with Crippen LogP contribution in [0.2, 0.25) is 0 Å². The molecule has 0 aliphatic carbocycles. The molecule has 1 fully saturated rings. The fourth-order valence-electron chi connectivity index (χ4n) is 1.85. The molecule has 1 aliphatic heterocycles. The molecule has 0 aromatic heterocycles. The van der Waals surface area contributed by atoms with Gasteiger partial charge in [-0.1, -0.05) is 0 Å². The normalized spacial score (nSPS) is 23.9. The summed E-state index contributed by atoms with van der Waals surface area (Å²) in [5.74, 6) is -1.26. The van der Waals surface area contributed by atoms with Crippen molar-refractivity contribution in [3.05, 3.63) is 29.8 Å². The second-order valence-electron chi connectivity index (χ2n) is 4.08. The molecule has 0 bridgehead atoms. The van der Waals surface area contributed by atoms with Crippen LogP contribution in [0.25, 0.3) is 0 Å². The lowest BCUT2D eigenvalue weighted by Crippen LogP contribution is -2.23. The predicted octanol–water partition coefficient (Wildman–Crippen LogP) is 1.85. The number of rotatable bonds is 4. The van der Waals surface area contributed by atoms with E-state index in [0.29, 0.717) is 6.54 Å². The third-order valence-electron chi connectivity index (χ3n) is 2.78. The van der Waals surface area contributed by atoms with E-state index < -0.39 is 11.6 Å². The summed E-state index contributed by atoms with van der Waals surface area (Å²) in [6.07, 6.45) is 1.76. The summed E-state index contributed by atoms with van der Waals surface area (Å²) in [5.41, 5.74) is 5.48. The zero-order valence-electron chi connectivity index (χ0n) is 9.36. The van der Waals surface area contributed by atoms with Gasteiger partial charge in [0, 0.05) is 12.6 Å². The van der Waals surface area contributed by atoms with Crippen molar-refractivity contribution in [3.8, 4) is 5.75 Å². The van der Waals surface area contributed by atoms with Crippen molar-refractivity contribution in [1.82, 2.24) is 0 Å². The lowest BCUT2D eigenvalue weighted by atomic mass is 10.2. The third kappa shape index (κ3) is 3.14. The van der Waals surface area contributed by atoms with Gasteiger partial charge in [0.25, 0.3) is 0 Å². The highest BCUT2D eigenvalue weighted by molar-refractivity contribution is 5.24. The molecule has 0 spiro atoms. The summed E-state index contributed by atoms with van der Waals surface area (Å²) in [6, 6.07) is 3.24.